The van der Waals surface area contributed by atoms with E-state index in [2.05, 4.69) is 15.6 Å². The van der Waals surface area contributed by atoms with Crippen molar-refractivity contribution in [3.05, 3.63) is 18.3 Å². The number of pyridine rings is 1. The van der Waals surface area contributed by atoms with E-state index in [1.807, 2.05) is 20.8 Å². The standard InChI is InChI=1S/C11H17N3O2/c1-11(2,3)16-10(15)14-8-5-6-9(12-4)13-7-8/h5-7H,1-4H3,(H,12,13)(H,14,15). The Bertz CT molecular complexity index is 354. The molecule has 1 rings (SSSR count). The molecule has 0 saturated heterocycles. The van der Waals surface area contributed by atoms with E-state index in [4.69, 9.17) is 4.74 Å². The number of nitrogens with one attached hydrogen (secondary N) is 2. The summed E-state index contributed by atoms with van der Waals surface area (Å²) in [7, 11) is 1.78. The number of nitrogens with zero attached hydrogens (tertiary/aromatic N) is 1. The zero-order valence-electron chi connectivity index (χ0n) is 10.00. The van der Waals surface area contributed by atoms with Gasteiger partial charge in [-0.1, -0.05) is 0 Å². The van der Waals surface area contributed by atoms with Gasteiger partial charge in [-0.2, -0.15) is 0 Å². The molecule has 5 heteroatoms. The monoisotopic (exact) mass is 223 g/mol. The number of ether oxygens (including phenoxy) is 1. The van der Waals surface area contributed by atoms with Crippen molar-refractivity contribution in [3.63, 3.8) is 0 Å². The molecule has 1 aromatic rings. The van der Waals surface area contributed by atoms with Gasteiger partial charge in [0.25, 0.3) is 0 Å². The Labute approximate surface area is 95.2 Å². The number of amides is 1. The highest BCUT2D eigenvalue weighted by Gasteiger charge is 2.16. The molecule has 0 spiro atoms. The van der Waals surface area contributed by atoms with Gasteiger partial charge in [-0.15, -0.1) is 0 Å². The lowest BCUT2D eigenvalue weighted by Gasteiger charge is -2.19. The van der Waals surface area contributed by atoms with Crippen LogP contribution in [0.5, 0.6) is 0 Å². The van der Waals surface area contributed by atoms with Crippen LogP contribution in [0.4, 0.5) is 16.3 Å². The minimum absolute atomic E-state index is 0.480. The molecule has 0 aliphatic carbocycles. The predicted octanol–water partition coefficient (Wildman–Crippen LogP) is 2.47. The first-order valence-corrected chi connectivity index (χ1v) is 5.04. The first-order chi connectivity index (χ1) is 7.40. The van der Waals surface area contributed by atoms with Crippen LogP contribution in [0.15, 0.2) is 18.3 Å². The maximum absolute atomic E-state index is 11.4. The molecule has 0 saturated carbocycles. The van der Waals surface area contributed by atoms with Gasteiger partial charge in [-0.25, -0.2) is 9.78 Å². The van der Waals surface area contributed by atoms with Crippen molar-refractivity contribution >= 4 is 17.6 Å². The number of carbonyl (C=O) groups is 1. The summed E-state index contributed by atoms with van der Waals surface area (Å²) in [4.78, 5) is 15.5. The second kappa shape index (κ2) is 4.83. The summed E-state index contributed by atoms with van der Waals surface area (Å²) in [6.45, 7) is 5.44. The SMILES string of the molecule is CNc1ccc(NC(=O)OC(C)(C)C)cn1. The van der Waals surface area contributed by atoms with Crippen molar-refractivity contribution in [2.45, 2.75) is 26.4 Å². The molecular formula is C11H17N3O2. The molecule has 88 valence electrons. The largest absolute Gasteiger partial charge is 0.444 e. The molecule has 2 N–H and O–H groups in total. The second-order valence-corrected chi connectivity index (χ2v) is 4.31. The van der Waals surface area contributed by atoms with E-state index in [0.717, 1.165) is 5.82 Å². The Kier molecular flexibility index (Phi) is 3.71. The van der Waals surface area contributed by atoms with E-state index >= 15 is 0 Å². The molecule has 1 aromatic heterocycles. The lowest BCUT2D eigenvalue weighted by Crippen LogP contribution is -2.27. The molecule has 0 aliphatic rings. The Balaban J connectivity index is 2.56. The maximum Gasteiger partial charge on any atom is 0.412 e. The fourth-order valence-electron chi connectivity index (χ4n) is 1.04. The summed E-state index contributed by atoms with van der Waals surface area (Å²) >= 11 is 0. The van der Waals surface area contributed by atoms with Crippen LogP contribution in [0, 0.1) is 0 Å². The Morgan fingerprint density at radius 3 is 2.50 bits per heavy atom. The molecule has 0 bridgehead atoms. The average molecular weight is 223 g/mol. The van der Waals surface area contributed by atoms with E-state index in [1.165, 1.54) is 0 Å². The minimum Gasteiger partial charge on any atom is -0.444 e. The number of carbonyl (C=O) groups excluding carboxylic acids is 1. The van der Waals surface area contributed by atoms with E-state index in [9.17, 15) is 4.79 Å². The summed E-state index contributed by atoms with van der Waals surface area (Å²) in [5.74, 6) is 0.745. The van der Waals surface area contributed by atoms with Crippen LogP contribution in [-0.4, -0.2) is 23.7 Å². The quantitative estimate of drug-likeness (QED) is 0.808. The van der Waals surface area contributed by atoms with Crippen LogP contribution in [-0.2, 0) is 4.74 Å². The zero-order chi connectivity index (χ0) is 12.2. The van der Waals surface area contributed by atoms with Crippen molar-refractivity contribution in [2.75, 3.05) is 17.7 Å². The summed E-state index contributed by atoms with van der Waals surface area (Å²) in [5.41, 5.74) is 0.107. The van der Waals surface area contributed by atoms with Gasteiger partial charge in [0, 0.05) is 7.05 Å². The third-order valence-corrected chi connectivity index (χ3v) is 1.66. The normalized spacial score (nSPS) is 10.8. The van der Waals surface area contributed by atoms with Crippen molar-refractivity contribution in [1.82, 2.24) is 4.98 Å². The molecule has 0 aromatic carbocycles. The highest BCUT2D eigenvalue weighted by atomic mass is 16.6. The molecule has 0 atom stereocenters. The van der Waals surface area contributed by atoms with Gasteiger partial charge >= 0.3 is 6.09 Å². The van der Waals surface area contributed by atoms with Crippen LogP contribution >= 0.6 is 0 Å². The summed E-state index contributed by atoms with van der Waals surface area (Å²) in [6, 6.07) is 3.52. The molecule has 1 heterocycles. The fraction of sp³-hybridized carbons (Fsp3) is 0.455. The summed E-state index contributed by atoms with van der Waals surface area (Å²) < 4.78 is 5.10. The molecule has 0 unspecified atom stereocenters. The number of anilines is 2. The Morgan fingerprint density at radius 1 is 1.38 bits per heavy atom. The van der Waals surface area contributed by atoms with E-state index < -0.39 is 11.7 Å². The van der Waals surface area contributed by atoms with Crippen molar-refractivity contribution in [3.8, 4) is 0 Å². The van der Waals surface area contributed by atoms with Gasteiger partial charge in [0.2, 0.25) is 0 Å². The van der Waals surface area contributed by atoms with Crippen molar-refractivity contribution in [2.24, 2.45) is 0 Å². The Hall–Kier alpha value is -1.78. The van der Waals surface area contributed by atoms with Gasteiger partial charge in [0.05, 0.1) is 11.9 Å². The van der Waals surface area contributed by atoms with Crippen LogP contribution in [0.3, 0.4) is 0 Å². The van der Waals surface area contributed by atoms with Gasteiger partial charge in [0.1, 0.15) is 11.4 Å². The van der Waals surface area contributed by atoms with Crippen molar-refractivity contribution in [1.29, 1.82) is 0 Å². The van der Waals surface area contributed by atoms with Crippen LogP contribution < -0.4 is 10.6 Å². The number of hydrogen-bond acceptors (Lipinski definition) is 4. The average Bonchev–Trinajstić information content (AvgIpc) is 2.16. The zero-order valence-corrected chi connectivity index (χ0v) is 10.00. The lowest BCUT2D eigenvalue weighted by atomic mass is 10.2. The fourth-order valence-corrected chi connectivity index (χ4v) is 1.04. The predicted molar refractivity (Wildman–Crippen MR) is 63.6 cm³/mol. The van der Waals surface area contributed by atoms with Gasteiger partial charge < -0.3 is 10.1 Å². The summed E-state index contributed by atoms with van der Waals surface area (Å²) in [6.07, 6.45) is 1.09. The number of hydrogen-bond donors (Lipinski definition) is 2. The Morgan fingerprint density at radius 2 is 2.06 bits per heavy atom. The molecule has 0 radical (unpaired) electrons. The van der Waals surface area contributed by atoms with Gasteiger partial charge in [-0.3, -0.25) is 5.32 Å². The lowest BCUT2D eigenvalue weighted by molar-refractivity contribution is 0.0636. The van der Waals surface area contributed by atoms with Gasteiger partial charge in [0.15, 0.2) is 0 Å². The number of aromatic nitrogens is 1. The van der Waals surface area contributed by atoms with Crippen molar-refractivity contribution < 1.29 is 9.53 Å². The molecule has 0 aliphatic heterocycles. The third kappa shape index (κ3) is 4.16. The first kappa shape index (κ1) is 12.3. The topological polar surface area (TPSA) is 63.2 Å². The maximum atomic E-state index is 11.4. The minimum atomic E-state index is -0.498. The summed E-state index contributed by atoms with van der Waals surface area (Å²) in [5, 5.41) is 5.49. The van der Waals surface area contributed by atoms with Crippen LogP contribution in [0.1, 0.15) is 20.8 Å². The first-order valence-electron chi connectivity index (χ1n) is 5.04. The van der Waals surface area contributed by atoms with E-state index in [-0.39, 0.29) is 0 Å². The molecular weight excluding hydrogens is 206 g/mol. The van der Waals surface area contributed by atoms with Crippen LogP contribution in [0.25, 0.3) is 0 Å². The smallest absolute Gasteiger partial charge is 0.412 e. The highest BCUT2D eigenvalue weighted by molar-refractivity contribution is 5.84. The van der Waals surface area contributed by atoms with E-state index in [0.29, 0.717) is 5.69 Å². The van der Waals surface area contributed by atoms with Crippen LogP contribution in [0.2, 0.25) is 0 Å². The van der Waals surface area contributed by atoms with Gasteiger partial charge in [-0.05, 0) is 32.9 Å². The molecule has 1 amide bonds. The number of rotatable bonds is 2. The molecule has 16 heavy (non-hydrogen) atoms. The second-order valence-electron chi connectivity index (χ2n) is 4.31. The highest BCUT2D eigenvalue weighted by Crippen LogP contribution is 2.12. The van der Waals surface area contributed by atoms with E-state index in [1.54, 1.807) is 25.4 Å². The molecule has 0 fully saturated rings. The molecule has 5 nitrogen and oxygen atoms in total. The third-order valence-electron chi connectivity index (χ3n) is 1.66.